The molecule has 0 spiro atoms. The molecule has 11 rings (SSSR count). The van der Waals surface area contributed by atoms with E-state index in [0.29, 0.717) is 0 Å². The second-order valence-corrected chi connectivity index (χ2v) is 16.3. The fourth-order valence-corrected chi connectivity index (χ4v) is 10.1. The minimum absolute atomic E-state index is 1.11. The number of para-hydroxylation sites is 1. The molecule has 274 valence electrons. The van der Waals surface area contributed by atoms with E-state index in [-0.39, 0.29) is 0 Å². The fourth-order valence-electron chi connectivity index (χ4n) is 8.86. The van der Waals surface area contributed by atoms with Gasteiger partial charge >= 0.3 is 0 Å². The Morgan fingerprint density at radius 3 is 1.86 bits per heavy atom. The Morgan fingerprint density at radius 2 is 1.02 bits per heavy atom. The molecule has 1 aliphatic carbocycles. The largest absolute Gasteiger partial charge is 0.310 e. The van der Waals surface area contributed by atoms with Crippen LogP contribution in [0.1, 0.15) is 16.9 Å². The Hall–Kier alpha value is -7.00. The molecule has 9 aromatic carbocycles. The molecule has 1 aromatic heterocycles. The van der Waals surface area contributed by atoms with Gasteiger partial charge in [0.05, 0.1) is 5.69 Å². The number of benzene rings is 9. The number of aryl methyl sites for hydroxylation is 1. The third kappa shape index (κ3) is 6.10. The summed E-state index contributed by atoms with van der Waals surface area (Å²) in [6.07, 6.45) is 6.90. The number of fused-ring (bicyclic) bond motifs is 5. The zero-order chi connectivity index (χ0) is 38.4. The van der Waals surface area contributed by atoms with E-state index in [1.165, 1.54) is 86.6 Å². The van der Waals surface area contributed by atoms with Crippen molar-refractivity contribution >= 4 is 66.1 Å². The molecule has 0 saturated carbocycles. The summed E-state index contributed by atoms with van der Waals surface area (Å²) < 4.78 is 1.35. The van der Waals surface area contributed by atoms with Gasteiger partial charge in [0.15, 0.2) is 0 Å². The summed E-state index contributed by atoms with van der Waals surface area (Å²) in [5.74, 6) is 0. The van der Waals surface area contributed by atoms with Crippen LogP contribution in [0.4, 0.5) is 17.1 Å². The Kier molecular flexibility index (Phi) is 8.56. The van der Waals surface area contributed by atoms with Crippen molar-refractivity contribution in [3.8, 4) is 44.5 Å². The first-order valence-electron chi connectivity index (χ1n) is 20.1. The Morgan fingerprint density at radius 1 is 0.414 bits per heavy atom. The number of hydrogen-bond acceptors (Lipinski definition) is 2. The minimum atomic E-state index is 1.11. The molecule has 1 heterocycles. The van der Waals surface area contributed by atoms with Crippen molar-refractivity contribution in [1.29, 1.82) is 0 Å². The number of thiophene rings is 1. The van der Waals surface area contributed by atoms with Crippen molar-refractivity contribution < 1.29 is 0 Å². The van der Waals surface area contributed by atoms with Gasteiger partial charge in [-0.25, -0.2) is 0 Å². The molecule has 0 fully saturated rings. The quantitative estimate of drug-likeness (QED) is 0.156. The third-order valence-electron chi connectivity index (χ3n) is 11.7. The lowest BCUT2D eigenvalue weighted by atomic mass is 9.94. The van der Waals surface area contributed by atoms with E-state index in [4.69, 9.17) is 0 Å². The number of hydrogen-bond donors (Lipinski definition) is 0. The highest BCUT2D eigenvalue weighted by molar-refractivity contribution is 7.19. The highest BCUT2D eigenvalue weighted by Gasteiger charge is 2.22. The lowest BCUT2D eigenvalue weighted by Crippen LogP contribution is -2.11. The van der Waals surface area contributed by atoms with Gasteiger partial charge in [0, 0.05) is 31.9 Å². The van der Waals surface area contributed by atoms with E-state index in [1.54, 1.807) is 0 Å². The lowest BCUT2D eigenvalue weighted by molar-refractivity contribution is 1.02. The molecule has 0 atom stereocenters. The zero-order valence-electron chi connectivity index (χ0n) is 32.0. The smallest absolute Gasteiger partial charge is 0.0540 e. The highest BCUT2D eigenvalue weighted by atomic mass is 32.1. The second-order valence-electron chi connectivity index (χ2n) is 15.2. The Balaban J connectivity index is 1.03. The first-order valence-corrected chi connectivity index (χ1v) is 21.0. The first-order chi connectivity index (χ1) is 28.7. The number of anilines is 3. The summed E-state index contributed by atoms with van der Waals surface area (Å²) in [7, 11) is 0. The van der Waals surface area contributed by atoms with Gasteiger partial charge in [-0.2, -0.15) is 0 Å². The molecule has 1 nitrogen and oxygen atoms in total. The average molecular weight is 758 g/mol. The van der Waals surface area contributed by atoms with Crippen LogP contribution in [0, 0.1) is 0 Å². The zero-order valence-corrected chi connectivity index (χ0v) is 32.8. The van der Waals surface area contributed by atoms with E-state index in [9.17, 15) is 0 Å². The van der Waals surface area contributed by atoms with Gasteiger partial charge < -0.3 is 4.90 Å². The topological polar surface area (TPSA) is 3.24 Å². The standard InChI is InChI=1S/C56H39NS/c1-2-14-42-37-45(27-26-38(42)12-1)44-17-9-16-43(36-44)39-28-32-46(33-29-39)57(47-34-30-41(31-35-47)49-21-10-15-40-13-3-4-18-48(40)49)53-23-7-5-19-50(53)51-22-11-25-55-56(51)52-20-6-8-24-54(52)58-55/h1-7,9-23,25-37H,8,24H2. The van der Waals surface area contributed by atoms with Gasteiger partial charge in [0.25, 0.3) is 0 Å². The molecule has 0 unspecified atom stereocenters. The maximum atomic E-state index is 2.44. The van der Waals surface area contributed by atoms with Crippen LogP contribution in [0.2, 0.25) is 0 Å². The van der Waals surface area contributed by atoms with Crippen molar-refractivity contribution in [2.75, 3.05) is 4.90 Å². The number of allylic oxidation sites excluding steroid dienone is 1. The molecular weight excluding hydrogens is 719 g/mol. The van der Waals surface area contributed by atoms with Gasteiger partial charge in [-0.3, -0.25) is 0 Å². The normalized spacial score (nSPS) is 12.3. The van der Waals surface area contributed by atoms with Crippen molar-refractivity contribution in [1.82, 2.24) is 0 Å². The Bertz CT molecular complexity index is 3160. The molecule has 0 radical (unpaired) electrons. The molecule has 0 N–H and O–H groups in total. The summed E-state index contributed by atoms with van der Waals surface area (Å²) in [6.45, 7) is 0. The van der Waals surface area contributed by atoms with E-state index >= 15 is 0 Å². The molecule has 0 bridgehead atoms. The third-order valence-corrected chi connectivity index (χ3v) is 12.9. The van der Waals surface area contributed by atoms with Crippen LogP contribution < -0.4 is 4.90 Å². The van der Waals surface area contributed by atoms with Crippen LogP contribution in [-0.4, -0.2) is 0 Å². The summed E-state index contributed by atoms with van der Waals surface area (Å²) >= 11 is 1.95. The monoisotopic (exact) mass is 757 g/mol. The first kappa shape index (κ1) is 34.3. The van der Waals surface area contributed by atoms with Gasteiger partial charge in [-0.1, -0.05) is 164 Å². The van der Waals surface area contributed by atoms with Crippen molar-refractivity contribution in [2.45, 2.75) is 12.8 Å². The summed E-state index contributed by atoms with van der Waals surface area (Å²) in [6, 6.07) is 73.4. The SMILES string of the molecule is C1=Cc2c(sc3cccc(-c4ccccc4N(c4ccc(-c5cccc(-c6ccc7ccccc7c6)c5)cc4)c4ccc(-c5cccc6ccccc56)cc4)c23)CC1. The summed E-state index contributed by atoms with van der Waals surface area (Å²) in [5, 5.41) is 6.39. The second kappa shape index (κ2) is 14.5. The summed E-state index contributed by atoms with van der Waals surface area (Å²) in [5.41, 5.74) is 14.5. The van der Waals surface area contributed by atoms with Gasteiger partial charge in [-0.15, -0.1) is 11.3 Å². The van der Waals surface area contributed by atoms with Gasteiger partial charge in [0.1, 0.15) is 0 Å². The molecule has 0 saturated heterocycles. The molecule has 0 aliphatic heterocycles. The van der Waals surface area contributed by atoms with Crippen molar-refractivity contribution in [3.05, 3.63) is 217 Å². The summed E-state index contributed by atoms with van der Waals surface area (Å²) in [4.78, 5) is 3.92. The van der Waals surface area contributed by atoms with E-state index in [2.05, 4.69) is 217 Å². The van der Waals surface area contributed by atoms with Crippen LogP contribution in [-0.2, 0) is 6.42 Å². The van der Waals surface area contributed by atoms with E-state index in [1.807, 2.05) is 11.3 Å². The molecule has 0 amide bonds. The van der Waals surface area contributed by atoms with Crippen LogP contribution in [0.5, 0.6) is 0 Å². The molecular formula is C56H39NS. The predicted octanol–water partition coefficient (Wildman–Crippen LogP) is 16.3. The predicted molar refractivity (Wildman–Crippen MR) is 251 cm³/mol. The fraction of sp³-hybridized carbons (Fsp3) is 0.0357. The average Bonchev–Trinajstić information content (AvgIpc) is 3.69. The molecule has 58 heavy (non-hydrogen) atoms. The molecule has 2 heteroatoms. The Labute approximate surface area is 343 Å². The number of nitrogens with zero attached hydrogens (tertiary/aromatic N) is 1. The van der Waals surface area contributed by atoms with Gasteiger partial charge in [-0.05, 0) is 127 Å². The maximum absolute atomic E-state index is 2.44. The minimum Gasteiger partial charge on any atom is -0.310 e. The van der Waals surface area contributed by atoms with Crippen molar-refractivity contribution in [2.24, 2.45) is 0 Å². The number of rotatable bonds is 7. The van der Waals surface area contributed by atoms with E-state index in [0.717, 1.165) is 29.9 Å². The van der Waals surface area contributed by atoms with Crippen molar-refractivity contribution in [3.63, 3.8) is 0 Å². The van der Waals surface area contributed by atoms with E-state index < -0.39 is 0 Å². The lowest BCUT2D eigenvalue weighted by Gasteiger charge is -2.28. The van der Waals surface area contributed by atoms with Crippen LogP contribution in [0.3, 0.4) is 0 Å². The highest BCUT2D eigenvalue weighted by Crippen LogP contribution is 2.47. The maximum Gasteiger partial charge on any atom is 0.0540 e. The molecule has 1 aliphatic rings. The van der Waals surface area contributed by atoms with Crippen LogP contribution >= 0.6 is 11.3 Å². The van der Waals surface area contributed by atoms with Crippen LogP contribution in [0.15, 0.2) is 206 Å². The molecule has 10 aromatic rings. The van der Waals surface area contributed by atoms with Gasteiger partial charge in [0.2, 0.25) is 0 Å². The van der Waals surface area contributed by atoms with Crippen LogP contribution in [0.25, 0.3) is 82.2 Å².